The van der Waals surface area contributed by atoms with Gasteiger partial charge in [0.25, 0.3) is 5.91 Å². The molecule has 11 heteroatoms. The minimum absolute atomic E-state index is 0.0619. The van der Waals surface area contributed by atoms with E-state index in [4.69, 9.17) is 32.4 Å². The maximum Gasteiger partial charge on any atom is 0.310 e. The molecule has 0 saturated heterocycles. The smallest absolute Gasteiger partial charge is 0.310 e. The lowest BCUT2D eigenvalue weighted by molar-refractivity contribution is -0.386. The predicted octanol–water partition coefficient (Wildman–Crippen LogP) is 6.19. The van der Waals surface area contributed by atoms with Crippen LogP contribution in [-0.4, -0.2) is 20.6 Å². The third-order valence-electron chi connectivity index (χ3n) is 5.31. The van der Waals surface area contributed by atoms with Crippen molar-refractivity contribution < 1.29 is 18.9 Å². The van der Waals surface area contributed by atoms with Gasteiger partial charge in [-0.25, -0.2) is 0 Å². The number of nitro benzene ring substituents is 1. The van der Waals surface area contributed by atoms with Crippen LogP contribution in [0.2, 0.25) is 10.0 Å². The van der Waals surface area contributed by atoms with Crippen LogP contribution in [0, 0.1) is 24.0 Å². The van der Waals surface area contributed by atoms with Gasteiger partial charge in [0.15, 0.2) is 11.5 Å². The zero-order valence-corrected chi connectivity index (χ0v) is 20.3. The maximum absolute atomic E-state index is 12.8. The minimum atomic E-state index is -0.527. The summed E-state index contributed by atoms with van der Waals surface area (Å²) in [6, 6.07) is 14.4. The highest BCUT2D eigenvalue weighted by Gasteiger charge is 2.20. The van der Waals surface area contributed by atoms with E-state index in [-0.39, 0.29) is 23.8 Å². The molecule has 0 spiro atoms. The number of hydrogen-bond donors (Lipinski definition) is 1. The summed E-state index contributed by atoms with van der Waals surface area (Å²) >= 11 is 12.6. The molecule has 2 aromatic heterocycles. The first-order valence-electron chi connectivity index (χ1n) is 10.5. The molecule has 0 radical (unpaired) electrons. The zero-order chi connectivity index (χ0) is 25.1. The van der Waals surface area contributed by atoms with Crippen molar-refractivity contribution in [1.82, 2.24) is 9.78 Å². The summed E-state index contributed by atoms with van der Waals surface area (Å²) in [6.45, 7) is 3.87. The largest absolute Gasteiger partial charge is 0.479 e. The molecule has 2 heterocycles. The Kier molecular flexibility index (Phi) is 7.09. The van der Waals surface area contributed by atoms with Crippen molar-refractivity contribution in [2.75, 3.05) is 5.32 Å². The lowest BCUT2D eigenvalue weighted by Gasteiger charge is -2.09. The molecule has 180 valence electrons. The Balaban J connectivity index is 1.45. The molecule has 0 fully saturated rings. The molecule has 0 unspecified atom stereocenters. The Labute approximate surface area is 210 Å². The lowest BCUT2D eigenvalue weighted by atomic mass is 10.2. The van der Waals surface area contributed by atoms with Gasteiger partial charge in [-0.2, -0.15) is 5.10 Å². The number of carbonyl (C=O) groups is 1. The maximum atomic E-state index is 12.8. The van der Waals surface area contributed by atoms with E-state index in [2.05, 4.69) is 10.4 Å². The number of ether oxygens (including phenoxy) is 1. The summed E-state index contributed by atoms with van der Waals surface area (Å²) in [5.41, 5.74) is 2.46. The van der Waals surface area contributed by atoms with E-state index >= 15 is 0 Å². The molecule has 1 amide bonds. The number of halogens is 2. The van der Waals surface area contributed by atoms with Crippen LogP contribution in [0.1, 0.15) is 33.3 Å². The summed E-state index contributed by atoms with van der Waals surface area (Å²) in [4.78, 5) is 23.4. The normalized spacial score (nSPS) is 10.9. The summed E-state index contributed by atoms with van der Waals surface area (Å²) in [5.74, 6) is 0.0401. The average molecular weight is 515 g/mol. The number of para-hydroxylation sites is 2. The van der Waals surface area contributed by atoms with Gasteiger partial charge in [-0.05, 0) is 44.2 Å². The van der Waals surface area contributed by atoms with E-state index in [9.17, 15) is 14.9 Å². The summed E-state index contributed by atoms with van der Waals surface area (Å²) in [6.07, 6.45) is 0. The fourth-order valence-electron chi connectivity index (χ4n) is 3.50. The van der Waals surface area contributed by atoms with Crippen LogP contribution < -0.4 is 10.1 Å². The van der Waals surface area contributed by atoms with Crippen molar-refractivity contribution in [3.63, 3.8) is 0 Å². The molecule has 9 nitrogen and oxygen atoms in total. The molecule has 2 aromatic carbocycles. The summed E-state index contributed by atoms with van der Waals surface area (Å²) in [7, 11) is 0. The van der Waals surface area contributed by atoms with Gasteiger partial charge in [-0.15, -0.1) is 0 Å². The molecule has 4 rings (SSSR count). The molecule has 0 saturated carbocycles. The molecule has 0 aliphatic heterocycles. The van der Waals surface area contributed by atoms with Gasteiger partial charge in [-0.3, -0.25) is 19.6 Å². The van der Waals surface area contributed by atoms with Crippen LogP contribution in [0.5, 0.6) is 5.75 Å². The molecule has 0 bridgehead atoms. The molecule has 1 N–H and O–H groups in total. The van der Waals surface area contributed by atoms with Gasteiger partial charge in [-0.1, -0.05) is 41.4 Å². The Morgan fingerprint density at radius 3 is 2.54 bits per heavy atom. The van der Waals surface area contributed by atoms with Crippen molar-refractivity contribution in [2.45, 2.75) is 27.0 Å². The first-order chi connectivity index (χ1) is 16.7. The summed E-state index contributed by atoms with van der Waals surface area (Å²) in [5, 5.41) is 19.5. The van der Waals surface area contributed by atoms with E-state index in [1.807, 2.05) is 6.92 Å². The number of amides is 1. The van der Waals surface area contributed by atoms with Gasteiger partial charge < -0.3 is 14.5 Å². The van der Waals surface area contributed by atoms with Crippen molar-refractivity contribution in [3.8, 4) is 5.75 Å². The number of nitro groups is 1. The standard InChI is InChI=1S/C24H20Cl2N4O5/c1-14-23(15(2)29(28-14)12-17-18(25)6-5-7-19(17)26)27-24(31)22-11-10-16(35-22)13-34-21-9-4-3-8-20(21)30(32)33/h3-11H,12-13H2,1-2H3,(H,27,31). The molecule has 0 atom stereocenters. The number of aromatic nitrogens is 2. The first kappa shape index (κ1) is 24.3. The van der Waals surface area contributed by atoms with E-state index in [0.717, 1.165) is 11.3 Å². The molecular weight excluding hydrogens is 495 g/mol. The SMILES string of the molecule is Cc1nn(Cc2c(Cl)cccc2Cl)c(C)c1NC(=O)c1ccc(COc2ccccc2[N+](=O)[O-])o1. The third kappa shape index (κ3) is 5.31. The van der Waals surface area contributed by atoms with E-state index < -0.39 is 10.8 Å². The van der Waals surface area contributed by atoms with Crippen molar-refractivity contribution in [1.29, 1.82) is 0 Å². The minimum Gasteiger partial charge on any atom is -0.479 e. The number of benzene rings is 2. The van der Waals surface area contributed by atoms with Crippen molar-refractivity contribution >= 4 is 40.5 Å². The molecule has 35 heavy (non-hydrogen) atoms. The Bertz CT molecular complexity index is 1390. The van der Waals surface area contributed by atoms with Gasteiger partial charge in [0.05, 0.1) is 28.5 Å². The average Bonchev–Trinajstić information content (AvgIpc) is 3.40. The number of aryl methyl sites for hydroxylation is 1. The van der Waals surface area contributed by atoms with Crippen LogP contribution in [-0.2, 0) is 13.2 Å². The van der Waals surface area contributed by atoms with Crippen LogP contribution in [0.4, 0.5) is 11.4 Å². The number of nitrogens with zero attached hydrogens (tertiary/aromatic N) is 3. The van der Waals surface area contributed by atoms with Crippen molar-refractivity contribution in [3.05, 3.63) is 103 Å². The highest BCUT2D eigenvalue weighted by molar-refractivity contribution is 6.36. The predicted molar refractivity (Wildman–Crippen MR) is 131 cm³/mol. The number of anilines is 1. The lowest BCUT2D eigenvalue weighted by Crippen LogP contribution is -2.12. The number of nitrogens with one attached hydrogen (secondary N) is 1. The van der Waals surface area contributed by atoms with Crippen LogP contribution in [0.15, 0.2) is 59.0 Å². The van der Waals surface area contributed by atoms with E-state index in [1.54, 1.807) is 48.0 Å². The third-order valence-corrected chi connectivity index (χ3v) is 6.02. The number of carbonyl (C=O) groups excluding carboxylic acids is 1. The van der Waals surface area contributed by atoms with Gasteiger partial charge in [0.2, 0.25) is 0 Å². The molecule has 0 aliphatic carbocycles. The number of furan rings is 1. The topological polar surface area (TPSA) is 112 Å². The number of rotatable bonds is 8. The van der Waals surface area contributed by atoms with E-state index in [0.29, 0.717) is 33.7 Å². The molecule has 4 aromatic rings. The Morgan fingerprint density at radius 2 is 1.83 bits per heavy atom. The van der Waals surface area contributed by atoms with Crippen LogP contribution in [0.25, 0.3) is 0 Å². The van der Waals surface area contributed by atoms with E-state index in [1.165, 1.54) is 18.2 Å². The molecule has 0 aliphatic rings. The second-order valence-electron chi connectivity index (χ2n) is 7.64. The highest BCUT2D eigenvalue weighted by Crippen LogP contribution is 2.29. The number of hydrogen-bond acceptors (Lipinski definition) is 6. The van der Waals surface area contributed by atoms with Crippen molar-refractivity contribution in [2.24, 2.45) is 0 Å². The fourth-order valence-corrected chi connectivity index (χ4v) is 4.01. The Hall–Kier alpha value is -3.82. The van der Waals surface area contributed by atoms with Gasteiger partial charge in [0, 0.05) is 21.7 Å². The van der Waals surface area contributed by atoms with Gasteiger partial charge in [0.1, 0.15) is 12.4 Å². The molecular formula is C24H20Cl2N4O5. The van der Waals surface area contributed by atoms with Crippen LogP contribution >= 0.6 is 23.2 Å². The quantitative estimate of drug-likeness (QED) is 0.221. The summed E-state index contributed by atoms with van der Waals surface area (Å²) < 4.78 is 12.8. The highest BCUT2D eigenvalue weighted by atomic mass is 35.5. The fraction of sp³-hybridized carbons (Fsp3) is 0.167. The second kappa shape index (κ2) is 10.2. The van der Waals surface area contributed by atoms with Gasteiger partial charge >= 0.3 is 5.69 Å². The monoisotopic (exact) mass is 514 g/mol. The van der Waals surface area contributed by atoms with Crippen LogP contribution in [0.3, 0.4) is 0 Å². The Morgan fingerprint density at radius 1 is 1.11 bits per heavy atom. The second-order valence-corrected chi connectivity index (χ2v) is 8.45. The first-order valence-corrected chi connectivity index (χ1v) is 11.2. The zero-order valence-electron chi connectivity index (χ0n) is 18.7.